The third-order valence-corrected chi connectivity index (χ3v) is 3.78. The molecule has 0 spiro atoms. The van der Waals surface area contributed by atoms with Crippen LogP contribution in [0.15, 0.2) is 23.1 Å². The van der Waals surface area contributed by atoms with Crippen molar-refractivity contribution in [3.8, 4) is 12.3 Å². The zero-order valence-electron chi connectivity index (χ0n) is 11.6. The van der Waals surface area contributed by atoms with Crippen LogP contribution in [0.5, 0.6) is 0 Å². The predicted octanol–water partition coefficient (Wildman–Crippen LogP) is 1.79. The van der Waals surface area contributed by atoms with E-state index in [1.165, 1.54) is 38.2 Å². The number of amides is 1. The van der Waals surface area contributed by atoms with E-state index in [-0.39, 0.29) is 18.0 Å². The molecule has 20 heavy (non-hydrogen) atoms. The number of carbonyl (C=O) groups excluding carboxylic acids is 1. The van der Waals surface area contributed by atoms with Gasteiger partial charge in [-0.05, 0) is 24.8 Å². The lowest BCUT2D eigenvalue weighted by Gasteiger charge is -2.22. The van der Waals surface area contributed by atoms with Crippen LogP contribution in [0, 0.1) is 18.3 Å². The zero-order valence-corrected chi connectivity index (χ0v) is 11.6. The van der Waals surface area contributed by atoms with Crippen molar-refractivity contribution in [1.29, 1.82) is 0 Å². The summed E-state index contributed by atoms with van der Waals surface area (Å²) in [6.07, 6.45) is 12.9. The summed E-state index contributed by atoms with van der Waals surface area (Å²) in [4.78, 5) is 23.7. The number of carbonyl (C=O) groups is 1. The van der Waals surface area contributed by atoms with E-state index >= 15 is 0 Å². The molecule has 0 saturated heterocycles. The third kappa shape index (κ3) is 3.74. The first-order chi connectivity index (χ1) is 9.70. The average molecular weight is 272 g/mol. The van der Waals surface area contributed by atoms with Gasteiger partial charge >= 0.3 is 0 Å². The van der Waals surface area contributed by atoms with Crippen molar-refractivity contribution < 1.29 is 4.79 Å². The Kier molecular flexibility index (Phi) is 5.00. The number of hydrogen-bond acceptors (Lipinski definition) is 2. The van der Waals surface area contributed by atoms with E-state index < -0.39 is 0 Å². The fourth-order valence-electron chi connectivity index (χ4n) is 2.69. The highest BCUT2D eigenvalue weighted by molar-refractivity contribution is 5.93. The quantitative estimate of drug-likeness (QED) is 0.850. The zero-order chi connectivity index (χ0) is 14.4. The van der Waals surface area contributed by atoms with E-state index in [1.807, 2.05) is 0 Å². The van der Waals surface area contributed by atoms with Crippen molar-refractivity contribution in [2.24, 2.45) is 5.92 Å². The van der Waals surface area contributed by atoms with Crippen LogP contribution in [0.3, 0.4) is 0 Å². The maximum atomic E-state index is 11.9. The van der Waals surface area contributed by atoms with Crippen molar-refractivity contribution in [2.75, 3.05) is 6.54 Å². The number of rotatable bonds is 4. The second kappa shape index (κ2) is 6.95. The molecule has 0 unspecified atom stereocenters. The molecule has 4 heteroatoms. The van der Waals surface area contributed by atoms with Gasteiger partial charge in [-0.15, -0.1) is 6.42 Å². The molecule has 1 heterocycles. The molecule has 0 aliphatic heterocycles. The summed E-state index contributed by atoms with van der Waals surface area (Å²) in [5.41, 5.74) is 0.430. The van der Waals surface area contributed by atoms with Gasteiger partial charge < -0.3 is 9.88 Å². The van der Waals surface area contributed by atoms with Gasteiger partial charge in [-0.1, -0.05) is 25.2 Å². The van der Waals surface area contributed by atoms with Crippen LogP contribution in [-0.4, -0.2) is 17.0 Å². The molecular formula is C16H20N2O2. The van der Waals surface area contributed by atoms with Gasteiger partial charge in [-0.3, -0.25) is 9.59 Å². The van der Waals surface area contributed by atoms with E-state index in [9.17, 15) is 9.59 Å². The second-order valence-electron chi connectivity index (χ2n) is 5.30. The molecule has 0 atom stereocenters. The molecule has 1 aliphatic carbocycles. The molecule has 1 aliphatic rings. The van der Waals surface area contributed by atoms with Crippen LogP contribution in [0.4, 0.5) is 0 Å². The molecule has 4 nitrogen and oxygen atoms in total. The molecule has 1 fully saturated rings. The fraction of sp³-hybridized carbons (Fsp3) is 0.500. The van der Waals surface area contributed by atoms with Crippen LogP contribution in [-0.2, 0) is 6.54 Å². The van der Waals surface area contributed by atoms with Crippen LogP contribution in [0.2, 0.25) is 0 Å². The molecule has 1 N–H and O–H groups in total. The Bertz CT molecular complexity index is 563. The van der Waals surface area contributed by atoms with Crippen molar-refractivity contribution in [1.82, 2.24) is 9.88 Å². The summed E-state index contributed by atoms with van der Waals surface area (Å²) in [5.74, 6) is 2.67. The Morgan fingerprint density at radius 2 is 2.10 bits per heavy atom. The van der Waals surface area contributed by atoms with E-state index in [2.05, 4.69) is 11.2 Å². The minimum Gasteiger partial charge on any atom is -0.341 e. The Labute approximate surface area is 119 Å². The highest BCUT2D eigenvalue weighted by Gasteiger charge is 2.15. The summed E-state index contributed by atoms with van der Waals surface area (Å²) in [6, 6.07) is 3.00. The molecule has 1 aromatic rings. The third-order valence-electron chi connectivity index (χ3n) is 3.78. The summed E-state index contributed by atoms with van der Waals surface area (Å²) in [5, 5.41) is 2.61. The maximum absolute atomic E-state index is 11.9. The molecule has 1 amide bonds. The standard InChI is InChI=1S/C16H20N2O2/c1-2-10-17-16(20)14-8-9-15(19)18(12-14)11-13-6-4-3-5-7-13/h1,8-9,12-13H,3-7,10-11H2,(H,17,20). The van der Waals surface area contributed by atoms with Gasteiger partial charge in [0.1, 0.15) is 0 Å². The normalized spacial score (nSPS) is 15.6. The first-order valence-electron chi connectivity index (χ1n) is 7.13. The Balaban J connectivity index is 2.10. The predicted molar refractivity (Wildman–Crippen MR) is 78.4 cm³/mol. The van der Waals surface area contributed by atoms with Crippen molar-refractivity contribution >= 4 is 5.91 Å². The number of hydrogen-bond donors (Lipinski definition) is 1. The van der Waals surface area contributed by atoms with Gasteiger partial charge in [-0.25, -0.2) is 0 Å². The summed E-state index contributed by atoms with van der Waals surface area (Å²) < 4.78 is 1.65. The number of aromatic nitrogens is 1. The minimum atomic E-state index is -0.236. The molecule has 106 valence electrons. The number of nitrogens with one attached hydrogen (secondary N) is 1. The molecule has 0 radical (unpaired) electrons. The van der Waals surface area contributed by atoms with Crippen molar-refractivity contribution in [3.05, 3.63) is 34.2 Å². The van der Waals surface area contributed by atoms with E-state index in [0.29, 0.717) is 18.0 Å². The Hall–Kier alpha value is -2.02. The van der Waals surface area contributed by atoms with Gasteiger partial charge in [0, 0.05) is 18.8 Å². The largest absolute Gasteiger partial charge is 0.341 e. The highest BCUT2D eigenvalue weighted by atomic mass is 16.2. The Morgan fingerprint density at radius 1 is 1.35 bits per heavy atom. The number of nitrogens with zero attached hydrogens (tertiary/aromatic N) is 1. The minimum absolute atomic E-state index is 0.0518. The average Bonchev–Trinajstić information content (AvgIpc) is 2.48. The smallest absolute Gasteiger partial charge is 0.253 e. The lowest BCUT2D eigenvalue weighted by molar-refractivity contribution is 0.0957. The molecule has 0 aromatic carbocycles. The Morgan fingerprint density at radius 3 is 2.80 bits per heavy atom. The SMILES string of the molecule is C#CCNC(=O)c1ccc(=O)n(CC2CCCCC2)c1. The lowest BCUT2D eigenvalue weighted by atomic mass is 9.89. The first-order valence-corrected chi connectivity index (χ1v) is 7.13. The van der Waals surface area contributed by atoms with Crippen LogP contribution >= 0.6 is 0 Å². The van der Waals surface area contributed by atoms with Crippen molar-refractivity contribution in [3.63, 3.8) is 0 Å². The lowest BCUT2D eigenvalue weighted by Crippen LogP contribution is -2.28. The molecule has 1 saturated carbocycles. The molecule has 0 bridgehead atoms. The van der Waals surface area contributed by atoms with E-state index in [4.69, 9.17) is 6.42 Å². The van der Waals surface area contributed by atoms with Crippen LogP contribution in [0.25, 0.3) is 0 Å². The van der Waals surface area contributed by atoms with Crippen LogP contribution in [0.1, 0.15) is 42.5 Å². The highest BCUT2D eigenvalue weighted by Crippen LogP contribution is 2.24. The van der Waals surface area contributed by atoms with E-state index in [1.54, 1.807) is 16.8 Å². The molecule has 2 rings (SSSR count). The monoisotopic (exact) mass is 272 g/mol. The van der Waals surface area contributed by atoms with Crippen molar-refractivity contribution in [2.45, 2.75) is 38.6 Å². The van der Waals surface area contributed by atoms with Gasteiger partial charge in [0.25, 0.3) is 11.5 Å². The van der Waals surface area contributed by atoms with Crippen LogP contribution < -0.4 is 10.9 Å². The topological polar surface area (TPSA) is 51.1 Å². The fourth-order valence-corrected chi connectivity index (χ4v) is 2.69. The van der Waals surface area contributed by atoms with Gasteiger partial charge in [-0.2, -0.15) is 0 Å². The summed E-state index contributed by atoms with van der Waals surface area (Å²) >= 11 is 0. The molecular weight excluding hydrogens is 252 g/mol. The summed E-state index contributed by atoms with van der Waals surface area (Å²) in [7, 11) is 0. The second-order valence-corrected chi connectivity index (χ2v) is 5.30. The van der Waals surface area contributed by atoms with E-state index in [0.717, 1.165) is 0 Å². The number of pyridine rings is 1. The summed E-state index contributed by atoms with van der Waals surface area (Å²) in [6.45, 7) is 0.898. The first kappa shape index (κ1) is 14.4. The van der Waals surface area contributed by atoms with Gasteiger partial charge in [0.05, 0.1) is 12.1 Å². The van der Waals surface area contributed by atoms with Gasteiger partial charge in [0.15, 0.2) is 0 Å². The maximum Gasteiger partial charge on any atom is 0.253 e. The number of terminal acetylenes is 1. The van der Waals surface area contributed by atoms with Gasteiger partial charge in [0.2, 0.25) is 0 Å². The molecule has 1 aromatic heterocycles.